The number of fused-ring (bicyclic) bond motifs is 1. The van der Waals surface area contributed by atoms with Gasteiger partial charge in [0.1, 0.15) is 16.7 Å². The molecule has 2 aliphatic heterocycles. The smallest absolute Gasteiger partial charge is 0.317 e. The number of amides is 2. The first kappa shape index (κ1) is 13.8. The number of carbonyl (C=O) groups excluding carboxylic acids is 1. The van der Waals surface area contributed by atoms with Crippen LogP contribution >= 0.6 is 0 Å². The normalized spacial score (nSPS) is 22.5. The molecule has 1 aromatic heterocycles. The van der Waals surface area contributed by atoms with Gasteiger partial charge in [-0.25, -0.2) is 18.2 Å². The Morgan fingerprint density at radius 3 is 2.86 bits per heavy atom. The van der Waals surface area contributed by atoms with Crippen LogP contribution < -0.4 is 5.32 Å². The molecular weight excluding hydrogens is 294 g/mol. The van der Waals surface area contributed by atoms with Gasteiger partial charge in [0.25, 0.3) is 0 Å². The minimum atomic E-state index is -3.65. The highest BCUT2D eigenvalue weighted by atomic mass is 32.2. The molecule has 0 radical (unpaired) electrons. The second kappa shape index (κ2) is 4.98. The number of hydrogen-bond donors (Lipinski definition) is 1. The van der Waals surface area contributed by atoms with Crippen LogP contribution in [0.1, 0.15) is 5.69 Å². The van der Waals surface area contributed by atoms with Gasteiger partial charge in [0, 0.05) is 32.4 Å². The second-order valence-electron chi connectivity index (χ2n) is 4.89. The van der Waals surface area contributed by atoms with Crippen molar-refractivity contribution in [3.05, 3.63) is 24.0 Å². The maximum atomic E-state index is 12.5. The molecule has 2 amide bonds. The summed E-state index contributed by atoms with van der Waals surface area (Å²) in [5.41, 5.74) is 0.171. The van der Waals surface area contributed by atoms with E-state index in [0.29, 0.717) is 13.1 Å². The van der Waals surface area contributed by atoms with Crippen LogP contribution in [-0.2, 0) is 10.0 Å². The molecule has 1 atom stereocenters. The number of nitrogens with zero attached hydrogens (tertiary/aromatic N) is 4. The highest BCUT2D eigenvalue weighted by Gasteiger charge is 2.39. The molecule has 3 rings (SSSR count). The van der Waals surface area contributed by atoms with Crippen LogP contribution in [0.25, 0.3) is 0 Å². The van der Waals surface area contributed by atoms with Crippen molar-refractivity contribution < 1.29 is 13.2 Å². The third kappa shape index (κ3) is 2.32. The van der Waals surface area contributed by atoms with Crippen LogP contribution in [0.15, 0.2) is 23.2 Å². The van der Waals surface area contributed by atoms with E-state index >= 15 is 0 Å². The number of hydrogen-bond acceptors (Lipinski definition) is 5. The predicted molar refractivity (Wildman–Crippen MR) is 71.6 cm³/mol. The summed E-state index contributed by atoms with van der Waals surface area (Å²) in [5, 5.41) is 11.4. The van der Waals surface area contributed by atoms with E-state index in [2.05, 4.69) is 10.3 Å². The van der Waals surface area contributed by atoms with Gasteiger partial charge >= 0.3 is 6.03 Å². The first-order chi connectivity index (χ1) is 10.0. The van der Waals surface area contributed by atoms with Gasteiger partial charge in [-0.3, -0.25) is 0 Å². The molecule has 2 saturated heterocycles. The molecule has 0 saturated carbocycles. The molecule has 21 heavy (non-hydrogen) atoms. The van der Waals surface area contributed by atoms with E-state index in [-0.39, 0.29) is 35.8 Å². The third-order valence-electron chi connectivity index (χ3n) is 3.68. The van der Waals surface area contributed by atoms with Gasteiger partial charge in [0.2, 0.25) is 10.0 Å². The van der Waals surface area contributed by atoms with Crippen molar-refractivity contribution in [1.29, 1.82) is 5.26 Å². The van der Waals surface area contributed by atoms with Gasteiger partial charge < -0.3 is 10.2 Å². The lowest BCUT2D eigenvalue weighted by molar-refractivity contribution is 0.164. The van der Waals surface area contributed by atoms with Crippen LogP contribution in [0.5, 0.6) is 0 Å². The molecule has 2 aliphatic rings. The molecule has 3 heterocycles. The number of nitrogens with one attached hydrogen (secondary N) is 1. The monoisotopic (exact) mass is 307 g/mol. The van der Waals surface area contributed by atoms with Crippen molar-refractivity contribution in [3.63, 3.8) is 0 Å². The summed E-state index contributed by atoms with van der Waals surface area (Å²) in [7, 11) is -3.65. The minimum absolute atomic E-state index is 0.0623. The van der Waals surface area contributed by atoms with Gasteiger partial charge in [-0.15, -0.1) is 0 Å². The fraction of sp³-hybridized carbons (Fsp3) is 0.417. The summed E-state index contributed by atoms with van der Waals surface area (Å²) in [6, 6.07) is 4.33. The Morgan fingerprint density at radius 2 is 2.19 bits per heavy atom. The maximum absolute atomic E-state index is 12.5. The Labute approximate surface area is 122 Å². The van der Waals surface area contributed by atoms with Crippen LogP contribution in [0, 0.1) is 11.3 Å². The van der Waals surface area contributed by atoms with E-state index in [1.807, 2.05) is 6.07 Å². The SMILES string of the molecule is N#Cc1ccc(S(=O)(=O)N2CCN3C(=O)NCC3C2)cn1. The Balaban J connectivity index is 1.82. The van der Waals surface area contributed by atoms with Crippen molar-refractivity contribution in [3.8, 4) is 6.07 Å². The molecule has 0 bridgehead atoms. The highest BCUT2D eigenvalue weighted by molar-refractivity contribution is 7.89. The molecule has 0 aromatic carbocycles. The zero-order valence-corrected chi connectivity index (χ0v) is 11.9. The molecule has 1 aromatic rings. The Morgan fingerprint density at radius 1 is 1.38 bits per heavy atom. The second-order valence-corrected chi connectivity index (χ2v) is 6.83. The van der Waals surface area contributed by atoms with Gasteiger partial charge in [0.05, 0.1) is 6.04 Å². The Bertz CT molecular complexity index is 709. The quantitative estimate of drug-likeness (QED) is 0.781. The van der Waals surface area contributed by atoms with E-state index < -0.39 is 10.0 Å². The zero-order valence-electron chi connectivity index (χ0n) is 11.1. The standard InChI is InChI=1S/C12H13N5O3S/c13-5-9-1-2-11(7-14-9)21(19,20)16-3-4-17-10(8-16)6-15-12(17)18/h1-2,7,10H,3-4,6,8H2,(H,15,18). The lowest BCUT2D eigenvalue weighted by Gasteiger charge is -2.35. The number of urea groups is 1. The summed E-state index contributed by atoms with van der Waals surface area (Å²) in [4.78, 5) is 17.0. The van der Waals surface area contributed by atoms with Crippen molar-refractivity contribution >= 4 is 16.1 Å². The van der Waals surface area contributed by atoms with E-state index in [4.69, 9.17) is 5.26 Å². The van der Waals surface area contributed by atoms with Crippen LogP contribution in [-0.4, -0.2) is 60.9 Å². The van der Waals surface area contributed by atoms with Crippen molar-refractivity contribution in [2.45, 2.75) is 10.9 Å². The largest absolute Gasteiger partial charge is 0.336 e. The van der Waals surface area contributed by atoms with Gasteiger partial charge in [-0.2, -0.15) is 9.57 Å². The van der Waals surface area contributed by atoms with Gasteiger partial charge in [0.15, 0.2) is 0 Å². The van der Waals surface area contributed by atoms with E-state index in [1.54, 1.807) is 4.90 Å². The fourth-order valence-electron chi connectivity index (χ4n) is 2.54. The molecule has 2 fully saturated rings. The van der Waals surface area contributed by atoms with Gasteiger partial charge in [-0.05, 0) is 12.1 Å². The summed E-state index contributed by atoms with van der Waals surface area (Å²) in [6.07, 6.45) is 1.19. The molecule has 110 valence electrons. The topological polar surface area (TPSA) is 106 Å². The van der Waals surface area contributed by atoms with Gasteiger partial charge in [-0.1, -0.05) is 0 Å². The maximum Gasteiger partial charge on any atom is 0.317 e. The lowest BCUT2D eigenvalue weighted by Crippen LogP contribution is -2.53. The summed E-state index contributed by atoms with van der Waals surface area (Å²) in [5.74, 6) is 0. The van der Waals surface area contributed by atoms with Crippen molar-refractivity contribution in [1.82, 2.24) is 19.5 Å². The Hall–Kier alpha value is -2.18. The molecule has 0 spiro atoms. The highest BCUT2D eigenvalue weighted by Crippen LogP contribution is 2.21. The molecule has 8 nitrogen and oxygen atoms in total. The number of carbonyl (C=O) groups is 1. The average Bonchev–Trinajstić information content (AvgIpc) is 2.88. The van der Waals surface area contributed by atoms with Crippen LogP contribution in [0.2, 0.25) is 0 Å². The molecule has 0 aliphatic carbocycles. The number of aromatic nitrogens is 1. The summed E-state index contributed by atoms with van der Waals surface area (Å²) >= 11 is 0. The number of piperazine rings is 1. The average molecular weight is 307 g/mol. The molecule has 9 heteroatoms. The first-order valence-corrected chi connectivity index (χ1v) is 7.87. The van der Waals surface area contributed by atoms with E-state index in [0.717, 1.165) is 0 Å². The Kier molecular flexibility index (Phi) is 3.27. The van der Waals surface area contributed by atoms with E-state index in [9.17, 15) is 13.2 Å². The number of rotatable bonds is 2. The molecule has 1 unspecified atom stereocenters. The van der Waals surface area contributed by atoms with Crippen LogP contribution in [0.4, 0.5) is 4.79 Å². The fourth-order valence-corrected chi connectivity index (χ4v) is 3.96. The van der Waals surface area contributed by atoms with Crippen LogP contribution in [0.3, 0.4) is 0 Å². The summed E-state index contributed by atoms with van der Waals surface area (Å²) in [6.45, 7) is 1.35. The zero-order chi connectivity index (χ0) is 15.0. The summed E-state index contributed by atoms with van der Waals surface area (Å²) < 4.78 is 26.4. The predicted octanol–water partition coefficient (Wildman–Crippen LogP) is -0.649. The molecule has 1 N–H and O–H groups in total. The van der Waals surface area contributed by atoms with Crippen molar-refractivity contribution in [2.24, 2.45) is 0 Å². The van der Waals surface area contributed by atoms with Crippen molar-refractivity contribution in [2.75, 3.05) is 26.2 Å². The first-order valence-electron chi connectivity index (χ1n) is 6.43. The minimum Gasteiger partial charge on any atom is -0.336 e. The lowest BCUT2D eigenvalue weighted by atomic mass is 10.2. The number of nitriles is 1. The number of sulfonamides is 1. The third-order valence-corrected chi connectivity index (χ3v) is 5.53. The number of pyridine rings is 1. The van der Waals surface area contributed by atoms with E-state index in [1.165, 1.54) is 22.6 Å². The molecular formula is C12H13N5O3S.